The Labute approximate surface area is 90.3 Å². The molecule has 80 valence electrons. The molecule has 0 aliphatic rings. The van der Waals surface area contributed by atoms with E-state index in [1.807, 2.05) is 44.2 Å². The lowest BCUT2D eigenvalue weighted by molar-refractivity contribution is -0.132. The highest BCUT2D eigenvalue weighted by molar-refractivity contribution is 5.86. The van der Waals surface area contributed by atoms with Gasteiger partial charge in [0.1, 0.15) is 0 Å². The summed E-state index contributed by atoms with van der Waals surface area (Å²) in [5, 5.41) is 8.82. The van der Waals surface area contributed by atoms with Crippen molar-refractivity contribution in [2.45, 2.75) is 26.2 Å². The molecule has 2 heteroatoms. The number of carboxylic acid groups (broad SMARTS) is 1. The first-order valence-electron chi connectivity index (χ1n) is 4.92. The summed E-state index contributed by atoms with van der Waals surface area (Å²) in [6.45, 7) is 5.64. The van der Waals surface area contributed by atoms with Gasteiger partial charge in [-0.15, -0.1) is 0 Å². The summed E-state index contributed by atoms with van der Waals surface area (Å²) in [4.78, 5) is 10.7. The van der Waals surface area contributed by atoms with Gasteiger partial charge < -0.3 is 5.11 Å². The highest BCUT2D eigenvalue weighted by Crippen LogP contribution is 2.25. The first-order chi connectivity index (χ1) is 6.93. The highest BCUT2D eigenvalue weighted by atomic mass is 16.4. The van der Waals surface area contributed by atoms with E-state index in [0.29, 0.717) is 5.57 Å². The third-order valence-corrected chi connectivity index (χ3v) is 2.43. The number of hydrogen-bond donors (Lipinski definition) is 1. The molecule has 0 radical (unpaired) electrons. The number of rotatable bonds is 3. The fourth-order valence-electron chi connectivity index (χ4n) is 1.55. The zero-order valence-electron chi connectivity index (χ0n) is 9.32. The second-order valence-electron chi connectivity index (χ2n) is 4.22. The number of hydrogen-bond acceptors (Lipinski definition) is 1. The van der Waals surface area contributed by atoms with Crippen LogP contribution in [0.4, 0.5) is 0 Å². The van der Waals surface area contributed by atoms with Crippen LogP contribution >= 0.6 is 0 Å². The molecule has 0 saturated carbocycles. The van der Waals surface area contributed by atoms with Crippen LogP contribution in [0.25, 0.3) is 0 Å². The summed E-state index contributed by atoms with van der Waals surface area (Å²) in [6.07, 6.45) is 1.78. The number of aliphatic carboxylic acids is 1. The summed E-state index contributed by atoms with van der Waals surface area (Å²) < 4.78 is 0. The van der Waals surface area contributed by atoms with Gasteiger partial charge in [0.05, 0.1) is 0 Å². The van der Waals surface area contributed by atoms with E-state index in [1.165, 1.54) is 0 Å². The Morgan fingerprint density at radius 3 is 2.27 bits per heavy atom. The molecule has 0 aromatic heterocycles. The van der Waals surface area contributed by atoms with Crippen molar-refractivity contribution in [1.29, 1.82) is 0 Å². The van der Waals surface area contributed by atoms with Crippen LogP contribution in [-0.4, -0.2) is 11.1 Å². The third kappa shape index (κ3) is 2.94. The molecular weight excluding hydrogens is 188 g/mol. The summed E-state index contributed by atoms with van der Waals surface area (Å²) in [6, 6.07) is 9.88. The molecule has 0 unspecified atom stereocenters. The molecular formula is C13H16O2. The fraction of sp³-hybridized carbons (Fsp3) is 0.308. The molecule has 1 N–H and O–H groups in total. The molecule has 1 aromatic rings. The monoisotopic (exact) mass is 204 g/mol. The van der Waals surface area contributed by atoms with Crippen molar-refractivity contribution in [1.82, 2.24) is 0 Å². The minimum absolute atomic E-state index is 0.246. The normalized spacial score (nSPS) is 12.6. The van der Waals surface area contributed by atoms with Crippen molar-refractivity contribution in [3.8, 4) is 0 Å². The molecule has 0 saturated heterocycles. The van der Waals surface area contributed by atoms with Gasteiger partial charge >= 0.3 is 5.97 Å². The number of benzene rings is 1. The zero-order chi connectivity index (χ0) is 11.5. The zero-order valence-corrected chi connectivity index (χ0v) is 9.32. The van der Waals surface area contributed by atoms with E-state index in [2.05, 4.69) is 0 Å². The van der Waals surface area contributed by atoms with E-state index in [0.717, 1.165) is 5.56 Å². The predicted molar refractivity (Wildman–Crippen MR) is 60.9 cm³/mol. The lowest BCUT2D eigenvalue weighted by atomic mass is 9.83. The average Bonchev–Trinajstić information content (AvgIpc) is 2.18. The van der Waals surface area contributed by atoms with E-state index in [9.17, 15) is 4.79 Å². The van der Waals surface area contributed by atoms with Crippen LogP contribution in [0.3, 0.4) is 0 Å². The van der Waals surface area contributed by atoms with Gasteiger partial charge in [-0.3, -0.25) is 0 Å². The molecule has 15 heavy (non-hydrogen) atoms. The van der Waals surface area contributed by atoms with Crippen LogP contribution < -0.4 is 0 Å². The van der Waals surface area contributed by atoms with Gasteiger partial charge in [-0.2, -0.15) is 0 Å². The van der Waals surface area contributed by atoms with Gasteiger partial charge in [-0.1, -0.05) is 50.3 Å². The van der Waals surface area contributed by atoms with E-state index in [4.69, 9.17) is 5.11 Å². The van der Waals surface area contributed by atoms with Gasteiger partial charge in [0, 0.05) is 11.0 Å². The fourth-order valence-corrected chi connectivity index (χ4v) is 1.55. The SMILES string of the molecule is C/C(=C\C(C)(C)c1ccccc1)C(=O)O. The average molecular weight is 204 g/mol. The van der Waals surface area contributed by atoms with Crippen molar-refractivity contribution in [3.05, 3.63) is 47.5 Å². The molecule has 0 aliphatic carbocycles. The smallest absolute Gasteiger partial charge is 0.330 e. The molecule has 1 aromatic carbocycles. The summed E-state index contributed by atoms with van der Waals surface area (Å²) in [5.74, 6) is -0.862. The van der Waals surface area contributed by atoms with Gasteiger partial charge in [-0.25, -0.2) is 4.79 Å². The number of allylic oxidation sites excluding steroid dienone is 1. The van der Waals surface area contributed by atoms with Crippen LogP contribution in [-0.2, 0) is 10.2 Å². The Balaban J connectivity index is 3.04. The quantitative estimate of drug-likeness (QED) is 0.768. The van der Waals surface area contributed by atoms with Crippen LogP contribution in [0, 0.1) is 0 Å². The van der Waals surface area contributed by atoms with E-state index < -0.39 is 5.97 Å². The summed E-state index contributed by atoms with van der Waals surface area (Å²) in [5.41, 5.74) is 1.25. The number of carboxylic acids is 1. The van der Waals surface area contributed by atoms with E-state index >= 15 is 0 Å². The van der Waals surface area contributed by atoms with Gasteiger partial charge in [0.15, 0.2) is 0 Å². The number of carbonyl (C=O) groups is 1. The van der Waals surface area contributed by atoms with Crippen LogP contribution in [0.2, 0.25) is 0 Å². The Hall–Kier alpha value is -1.57. The molecule has 1 rings (SSSR count). The van der Waals surface area contributed by atoms with Crippen molar-refractivity contribution in [2.75, 3.05) is 0 Å². The summed E-state index contributed by atoms with van der Waals surface area (Å²) in [7, 11) is 0. The van der Waals surface area contributed by atoms with Crippen LogP contribution in [0.1, 0.15) is 26.3 Å². The molecule has 0 bridgehead atoms. The molecule has 0 atom stereocenters. The maximum absolute atomic E-state index is 10.7. The molecule has 0 fully saturated rings. The van der Waals surface area contributed by atoms with Gasteiger partial charge in [0.2, 0.25) is 0 Å². The molecule has 2 nitrogen and oxygen atoms in total. The lowest BCUT2D eigenvalue weighted by Crippen LogP contribution is -2.15. The van der Waals surface area contributed by atoms with Crippen molar-refractivity contribution < 1.29 is 9.90 Å². The highest BCUT2D eigenvalue weighted by Gasteiger charge is 2.18. The van der Waals surface area contributed by atoms with Crippen LogP contribution in [0.5, 0.6) is 0 Å². The first kappa shape index (κ1) is 11.5. The molecule has 0 spiro atoms. The molecule has 0 heterocycles. The van der Waals surface area contributed by atoms with Crippen molar-refractivity contribution in [3.63, 3.8) is 0 Å². The molecule has 0 amide bonds. The Kier molecular flexibility index (Phi) is 3.30. The largest absolute Gasteiger partial charge is 0.478 e. The second-order valence-corrected chi connectivity index (χ2v) is 4.22. The second kappa shape index (κ2) is 4.30. The minimum Gasteiger partial charge on any atom is -0.478 e. The third-order valence-electron chi connectivity index (χ3n) is 2.43. The predicted octanol–water partition coefficient (Wildman–Crippen LogP) is 3.00. The maximum atomic E-state index is 10.7. The van der Waals surface area contributed by atoms with E-state index in [-0.39, 0.29) is 5.41 Å². The maximum Gasteiger partial charge on any atom is 0.330 e. The Morgan fingerprint density at radius 1 is 1.27 bits per heavy atom. The Morgan fingerprint density at radius 2 is 1.80 bits per heavy atom. The molecule has 0 aliphatic heterocycles. The Bertz CT molecular complexity index is 375. The van der Waals surface area contributed by atoms with Crippen molar-refractivity contribution >= 4 is 5.97 Å². The first-order valence-corrected chi connectivity index (χ1v) is 4.92. The van der Waals surface area contributed by atoms with Crippen molar-refractivity contribution in [2.24, 2.45) is 0 Å². The van der Waals surface area contributed by atoms with Gasteiger partial charge in [-0.05, 0) is 12.5 Å². The summed E-state index contributed by atoms with van der Waals surface area (Å²) >= 11 is 0. The lowest BCUT2D eigenvalue weighted by Gasteiger charge is -2.21. The minimum atomic E-state index is -0.862. The van der Waals surface area contributed by atoms with E-state index in [1.54, 1.807) is 13.0 Å². The standard InChI is InChI=1S/C13H16O2/c1-10(12(14)15)9-13(2,3)11-7-5-4-6-8-11/h4-9H,1-3H3,(H,14,15)/b10-9+. The van der Waals surface area contributed by atoms with Crippen LogP contribution in [0.15, 0.2) is 42.0 Å². The topological polar surface area (TPSA) is 37.3 Å². The van der Waals surface area contributed by atoms with Gasteiger partial charge in [0.25, 0.3) is 0 Å².